The summed E-state index contributed by atoms with van der Waals surface area (Å²) < 4.78 is 38.4. The quantitative estimate of drug-likeness (QED) is 0.675. The van der Waals surface area contributed by atoms with Crippen molar-refractivity contribution in [1.82, 2.24) is 9.21 Å². The van der Waals surface area contributed by atoms with Gasteiger partial charge in [-0.3, -0.25) is 9.69 Å². The Bertz CT molecular complexity index is 1150. The first kappa shape index (κ1) is 23.1. The second kappa shape index (κ2) is 9.56. The molecule has 9 heteroatoms. The number of sulfonamides is 1. The van der Waals surface area contributed by atoms with Gasteiger partial charge in [0, 0.05) is 24.8 Å². The molecule has 1 N–H and O–H groups in total. The van der Waals surface area contributed by atoms with E-state index in [2.05, 4.69) is 16.3 Å². The van der Waals surface area contributed by atoms with Crippen LogP contribution in [0.4, 0.5) is 5.69 Å². The minimum atomic E-state index is -3.46. The normalized spacial score (nSPS) is 22.0. The molecule has 0 radical (unpaired) electrons. The first-order valence-electron chi connectivity index (χ1n) is 12.0. The van der Waals surface area contributed by atoms with E-state index in [9.17, 15) is 13.2 Å². The van der Waals surface area contributed by atoms with Gasteiger partial charge in [0.25, 0.3) is 0 Å². The van der Waals surface area contributed by atoms with Gasteiger partial charge in [-0.05, 0) is 81.1 Å². The molecule has 2 fully saturated rings. The minimum Gasteiger partial charge on any atom is -0.486 e. The Balaban J connectivity index is 1.25. The first-order chi connectivity index (χ1) is 16.4. The Kier molecular flexibility index (Phi) is 6.50. The molecule has 0 unspecified atom stereocenters. The van der Waals surface area contributed by atoms with Gasteiger partial charge in [-0.15, -0.1) is 0 Å². The predicted molar refractivity (Wildman–Crippen MR) is 129 cm³/mol. The van der Waals surface area contributed by atoms with E-state index < -0.39 is 10.0 Å². The van der Waals surface area contributed by atoms with Crippen molar-refractivity contribution in [2.45, 2.75) is 49.6 Å². The number of nitrogens with one attached hydrogen (secondary N) is 1. The topological polar surface area (TPSA) is 88.2 Å². The summed E-state index contributed by atoms with van der Waals surface area (Å²) in [5.41, 5.74) is 1.71. The van der Waals surface area contributed by atoms with Crippen LogP contribution in [0.1, 0.15) is 44.2 Å². The van der Waals surface area contributed by atoms with E-state index in [1.807, 2.05) is 19.1 Å². The zero-order chi connectivity index (χ0) is 23.7. The summed E-state index contributed by atoms with van der Waals surface area (Å²) in [5.74, 6) is 1.41. The van der Waals surface area contributed by atoms with Crippen molar-refractivity contribution in [3.05, 3.63) is 48.0 Å². The van der Waals surface area contributed by atoms with Crippen LogP contribution < -0.4 is 14.8 Å². The summed E-state index contributed by atoms with van der Waals surface area (Å²) in [6.45, 7) is 4.99. The van der Waals surface area contributed by atoms with E-state index in [0.717, 1.165) is 49.3 Å². The van der Waals surface area contributed by atoms with Crippen LogP contribution in [-0.2, 0) is 14.8 Å². The number of hydrogen-bond donors (Lipinski definition) is 1. The Morgan fingerprint density at radius 1 is 0.971 bits per heavy atom. The molecular formula is C25H31N3O5S. The molecule has 0 aliphatic carbocycles. The number of nitrogens with zero attached hydrogens (tertiary/aromatic N) is 2. The fourth-order valence-corrected chi connectivity index (χ4v) is 6.58. The average Bonchev–Trinajstić information content (AvgIpc) is 3.56. The minimum absolute atomic E-state index is 0.111. The maximum Gasteiger partial charge on any atom is 0.243 e. The molecule has 0 bridgehead atoms. The third-order valence-electron chi connectivity index (χ3n) is 6.95. The van der Waals surface area contributed by atoms with E-state index in [4.69, 9.17) is 9.47 Å². The number of ether oxygens (including phenoxy) is 2. The number of carbonyl (C=O) groups is 1. The van der Waals surface area contributed by atoms with Crippen LogP contribution in [0.5, 0.6) is 11.5 Å². The largest absolute Gasteiger partial charge is 0.486 e. The molecule has 3 aliphatic rings. The molecule has 3 aliphatic heterocycles. The van der Waals surface area contributed by atoms with Crippen molar-refractivity contribution < 1.29 is 22.7 Å². The van der Waals surface area contributed by atoms with E-state index in [0.29, 0.717) is 32.0 Å². The van der Waals surface area contributed by atoms with Crippen LogP contribution >= 0.6 is 0 Å². The number of benzene rings is 2. The lowest BCUT2D eigenvalue weighted by Crippen LogP contribution is -2.41. The molecule has 2 aromatic carbocycles. The van der Waals surface area contributed by atoms with Gasteiger partial charge in [0.05, 0.1) is 10.9 Å². The van der Waals surface area contributed by atoms with Crippen LogP contribution in [0, 0.1) is 0 Å². The van der Waals surface area contributed by atoms with Gasteiger partial charge in [0.2, 0.25) is 15.9 Å². The van der Waals surface area contributed by atoms with Crippen LogP contribution in [0.3, 0.4) is 0 Å². The molecular weight excluding hydrogens is 454 g/mol. The highest BCUT2D eigenvalue weighted by molar-refractivity contribution is 7.89. The van der Waals surface area contributed by atoms with Gasteiger partial charge in [-0.2, -0.15) is 4.31 Å². The third kappa shape index (κ3) is 4.52. The van der Waals surface area contributed by atoms with E-state index in [1.165, 1.54) is 4.31 Å². The number of fused-ring (bicyclic) bond motifs is 1. The highest BCUT2D eigenvalue weighted by Crippen LogP contribution is 2.39. The molecule has 34 heavy (non-hydrogen) atoms. The molecule has 0 saturated carbocycles. The van der Waals surface area contributed by atoms with Crippen LogP contribution in [-0.4, -0.2) is 62.4 Å². The maximum atomic E-state index is 13.1. The molecule has 2 aromatic rings. The smallest absolute Gasteiger partial charge is 0.243 e. The van der Waals surface area contributed by atoms with Gasteiger partial charge < -0.3 is 14.8 Å². The summed E-state index contributed by atoms with van der Waals surface area (Å²) in [6, 6.07) is 12.3. The Labute approximate surface area is 200 Å². The molecule has 0 spiro atoms. The fourth-order valence-electron chi connectivity index (χ4n) is 5.06. The van der Waals surface area contributed by atoms with Crippen molar-refractivity contribution in [1.29, 1.82) is 0 Å². The predicted octanol–water partition coefficient (Wildman–Crippen LogP) is 3.41. The summed E-state index contributed by atoms with van der Waals surface area (Å²) in [4.78, 5) is 15.6. The second-order valence-electron chi connectivity index (χ2n) is 9.10. The van der Waals surface area contributed by atoms with E-state index >= 15 is 0 Å². The number of carbonyl (C=O) groups excluding carboxylic acids is 1. The number of rotatable bonds is 6. The molecule has 2 atom stereocenters. The van der Waals surface area contributed by atoms with Gasteiger partial charge in [-0.25, -0.2) is 8.42 Å². The SMILES string of the molecule is C[C@H](C(=O)Nc1ccc(S(=O)(=O)N2CCCC2)cc1)N1CCC[C@@H]1c1ccc2c(c1)OCCO2. The molecule has 1 amide bonds. The monoisotopic (exact) mass is 485 g/mol. The number of likely N-dealkylation sites (tertiary alicyclic amines) is 1. The fraction of sp³-hybridized carbons (Fsp3) is 0.480. The van der Waals surface area contributed by atoms with Gasteiger partial charge >= 0.3 is 0 Å². The summed E-state index contributed by atoms with van der Waals surface area (Å²) in [6.07, 6.45) is 3.78. The third-order valence-corrected chi connectivity index (χ3v) is 8.86. The summed E-state index contributed by atoms with van der Waals surface area (Å²) in [5, 5.41) is 2.96. The number of hydrogen-bond acceptors (Lipinski definition) is 6. The van der Waals surface area contributed by atoms with Crippen molar-refractivity contribution in [2.75, 3.05) is 38.2 Å². The average molecular weight is 486 g/mol. The highest BCUT2D eigenvalue weighted by Gasteiger charge is 2.34. The van der Waals surface area contributed by atoms with Crippen LogP contribution in [0.2, 0.25) is 0 Å². The lowest BCUT2D eigenvalue weighted by atomic mass is 10.0. The Morgan fingerprint density at radius 2 is 1.68 bits per heavy atom. The molecule has 8 nitrogen and oxygen atoms in total. The molecule has 5 rings (SSSR count). The van der Waals surface area contributed by atoms with Gasteiger partial charge in [0.15, 0.2) is 11.5 Å². The van der Waals surface area contributed by atoms with Crippen molar-refractivity contribution in [3.8, 4) is 11.5 Å². The molecule has 182 valence electrons. The zero-order valence-electron chi connectivity index (χ0n) is 19.4. The van der Waals surface area contributed by atoms with E-state index in [1.54, 1.807) is 24.3 Å². The lowest BCUT2D eigenvalue weighted by Gasteiger charge is -2.31. The zero-order valence-corrected chi connectivity index (χ0v) is 20.2. The van der Waals surface area contributed by atoms with Crippen molar-refractivity contribution in [3.63, 3.8) is 0 Å². The molecule has 0 aromatic heterocycles. The van der Waals surface area contributed by atoms with Gasteiger partial charge in [-0.1, -0.05) is 6.07 Å². The Morgan fingerprint density at radius 3 is 2.41 bits per heavy atom. The standard InChI is InChI=1S/C25H31N3O5S/c1-18(28-14-4-5-22(28)19-6-11-23-24(17-19)33-16-15-32-23)25(29)26-20-7-9-21(10-8-20)34(30,31)27-12-2-3-13-27/h6-11,17-18,22H,2-5,12-16H2,1H3,(H,26,29)/t18-,22-/m1/s1. The second-order valence-corrected chi connectivity index (χ2v) is 11.0. The van der Waals surface area contributed by atoms with Crippen molar-refractivity contribution >= 4 is 21.6 Å². The Hall–Kier alpha value is -2.62. The lowest BCUT2D eigenvalue weighted by molar-refractivity contribution is -0.121. The van der Waals surface area contributed by atoms with Crippen molar-refractivity contribution in [2.24, 2.45) is 0 Å². The van der Waals surface area contributed by atoms with Gasteiger partial charge in [0.1, 0.15) is 13.2 Å². The number of anilines is 1. The highest BCUT2D eigenvalue weighted by atomic mass is 32.2. The molecule has 2 saturated heterocycles. The van der Waals surface area contributed by atoms with E-state index in [-0.39, 0.29) is 22.9 Å². The van der Waals surface area contributed by atoms with Crippen LogP contribution in [0.25, 0.3) is 0 Å². The maximum absolute atomic E-state index is 13.1. The number of amides is 1. The van der Waals surface area contributed by atoms with Crippen LogP contribution in [0.15, 0.2) is 47.4 Å². The summed E-state index contributed by atoms with van der Waals surface area (Å²) >= 11 is 0. The molecule has 3 heterocycles. The first-order valence-corrected chi connectivity index (χ1v) is 13.4. The summed E-state index contributed by atoms with van der Waals surface area (Å²) in [7, 11) is -3.46.